The fourth-order valence-corrected chi connectivity index (χ4v) is 3.38. The molecule has 1 amide bonds. The molecule has 0 saturated heterocycles. The zero-order valence-electron chi connectivity index (χ0n) is 16.4. The van der Waals surface area contributed by atoms with E-state index >= 15 is 0 Å². The van der Waals surface area contributed by atoms with Gasteiger partial charge in [0.25, 0.3) is 0 Å². The molecule has 2 atom stereocenters. The number of nitrogens with two attached hydrogens (primary N) is 1. The van der Waals surface area contributed by atoms with Crippen molar-refractivity contribution in [3.8, 4) is 0 Å². The van der Waals surface area contributed by atoms with Crippen LogP contribution in [0.5, 0.6) is 0 Å². The van der Waals surface area contributed by atoms with Crippen molar-refractivity contribution < 1.29 is 4.79 Å². The Bertz CT molecular complexity index is 312. The standard InChI is InChI=1S/C20H42N2OS/c1-4-6-8-10-12-14-20(3,13-11-9-7-5-2)15-16-22-19(23)18(21)17-24/h18,24H,4-17,21H2,1-3H3,(H,22,23)/t18-,20?/m0/s1. The Hall–Kier alpha value is -0.220. The highest BCUT2D eigenvalue weighted by Crippen LogP contribution is 2.34. The lowest BCUT2D eigenvalue weighted by Gasteiger charge is -2.30. The molecule has 0 rings (SSSR count). The summed E-state index contributed by atoms with van der Waals surface area (Å²) in [5.74, 6) is 0.332. The summed E-state index contributed by atoms with van der Waals surface area (Å²) in [7, 11) is 0. The molecular formula is C20H42N2OS. The first-order valence-electron chi connectivity index (χ1n) is 10.1. The van der Waals surface area contributed by atoms with Gasteiger partial charge in [0.15, 0.2) is 0 Å². The van der Waals surface area contributed by atoms with Gasteiger partial charge in [-0.3, -0.25) is 4.79 Å². The number of nitrogens with one attached hydrogen (secondary N) is 1. The maximum atomic E-state index is 11.8. The van der Waals surface area contributed by atoms with Crippen LogP contribution in [0.15, 0.2) is 0 Å². The molecule has 0 fully saturated rings. The number of thiol groups is 1. The van der Waals surface area contributed by atoms with Crippen molar-refractivity contribution in [1.29, 1.82) is 0 Å². The van der Waals surface area contributed by atoms with Crippen LogP contribution in [0.25, 0.3) is 0 Å². The Morgan fingerprint density at radius 2 is 1.46 bits per heavy atom. The summed E-state index contributed by atoms with van der Waals surface area (Å²) < 4.78 is 0. The monoisotopic (exact) mass is 358 g/mol. The molecule has 1 unspecified atom stereocenters. The van der Waals surface area contributed by atoms with Crippen LogP contribution >= 0.6 is 12.6 Å². The number of hydrogen-bond donors (Lipinski definition) is 3. The van der Waals surface area contributed by atoms with Gasteiger partial charge in [-0.15, -0.1) is 0 Å². The van der Waals surface area contributed by atoms with Gasteiger partial charge in [-0.25, -0.2) is 0 Å². The number of rotatable bonds is 16. The quantitative estimate of drug-likeness (QED) is 0.266. The molecule has 3 N–H and O–H groups in total. The van der Waals surface area contributed by atoms with Crippen LogP contribution in [0.1, 0.15) is 97.8 Å². The zero-order valence-corrected chi connectivity index (χ0v) is 17.3. The average Bonchev–Trinajstić information content (AvgIpc) is 2.58. The molecule has 0 aromatic rings. The second-order valence-corrected chi connectivity index (χ2v) is 7.98. The molecular weight excluding hydrogens is 316 g/mol. The largest absolute Gasteiger partial charge is 0.355 e. The molecule has 0 bridgehead atoms. The number of carbonyl (C=O) groups is 1. The lowest BCUT2D eigenvalue weighted by molar-refractivity contribution is -0.121. The third-order valence-electron chi connectivity index (χ3n) is 5.08. The van der Waals surface area contributed by atoms with Crippen LogP contribution in [0, 0.1) is 5.41 Å². The van der Waals surface area contributed by atoms with Crippen LogP contribution in [0.2, 0.25) is 0 Å². The summed E-state index contributed by atoms with van der Waals surface area (Å²) in [5.41, 5.74) is 6.06. The van der Waals surface area contributed by atoms with E-state index in [9.17, 15) is 4.79 Å². The van der Waals surface area contributed by atoms with Crippen molar-refractivity contribution in [1.82, 2.24) is 5.32 Å². The molecule has 24 heavy (non-hydrogen) atoms. The van der Waals surface area contributed by atoms with Gasteiger partial charge in [-0.1, -0.05) is 78.6 Å². The lowest BCUT2D eigenvalue weighted by Crippen LogP contribution is -2.43. The highest BCUT2D eigenvalue weighted by atomic mass is 32.1. The van der Waals surface area contributed by atoms with Crippen molar-refractivity contribution in [3.63, 3.8) is 0 Å². The predicted molar refractivity (Wildman–Crippen MR) is 110 cm³/mol. The molecule has 0 radical (unpaired) electrons. The zero-order chi connectivity index (χ0) is 18.3. The second kappa shape index (κ2) is 15.1. The smallest absolute Gasteiger partial charge is 0.237 e. The Kier molecular flexibility index (Phi) is 14.9. The Labute approximate surface area is 156 Å². The van der Waals surface area contributed by atoms with E-state index in [1.54, 1.807) is 0 Å². The molecule has 0 heterocycles. The van der Waals surface area contributed by atoms with Crippen LogP contribution in [-0.4, -0.2) is 24.2 Å². The maximum Gasteiger partial charge on any atom is 0.237 e. The fraction of sp³-hybridized carbons (Fsp3) is 0.950. The summed E-state index contributed by atoms with van der Waals surface area (Å²) >= 11 is 4.09. The fourth-order valence-electron chi connectivity index (χ4n) is 3.21. The molecule has 0 saturated carbocycles. The third kappa shape index (κ3) is 12.2. The van der Waals surface area contributed by atoms with E-state index in [0.717, 1.165) is 13.0 Å². The van der Waals surface area contributed by atoms with Crippen LogP contribution in [0.4, 0.5) is 0 Å². The number of carbonyl (C=O) groups excluding carboxylic acids is 1. The van der Waals surface area contributed by atoms with Gasteiger partial charge in [-0.05, 0) is 24.7 Å². The van der Waals surface area contributed by atoms with Crippen LogP contribution in [-0.2, 0) is 4.79 Å². The molecule has 0 spiro atoms. The highest BCUT2D eigenvalue weighted by molar-refractivity contribution is 7.80. The Morgan fingerprint density at radius 3 is 1.96 bits per heavy atom. The SMILES string of the molecule is CCCCCCCC(C)(CCCCCC)CCNC(=O)[C@@H](N)CS. The number of hydrogen-bond acceptors (Lipinski definition) is 3. The van der Waals surface area contributed by atoms with Crippen LogP contribution in [0.3, 0.4) is 0 Å². The lowest BCUT2D eigenvalue weighted by atomic mass is 9.77. The van der Waals surface area contributed by atoms with Gasteiger partial charge in [0.2, 0.25) is 5.91 Å². The maximum absolute atomic E-state index is 11.8. The van der Waals surface area contributed by atoms with E-state index in [1.165, 1.54) is 70.6 Å². The first-order chi connectivity index (χ1) is 11.5. The van der Waals surface area contributed by atoms with Crippen molar-refractivity contribution in [2.24, 2.45) is 11.1 Å². The van der Waals surface area contributed by atoms with Gasteiger partial charge in [0, 0.05) is 12.3 Å². The molecule has 144 valence electrons. The Balaban J connectivity index is 4.25. The number of amides is 1. The van der Waals surface area contributed by atoms with Gasteiger partial charge >= 0.3 is 0 Å². The Morgan fingerprint density at radius 1 is 0.958 bits per heavy atom. The summed E-state index contributed by atoms with van der Waals surface area (Å²) in [6.07, 6.45) is 15.5. The molecule has 0 aromatic heterocycles. The van der Waals surface area contributed by atoms with Crippen LogP contribution < -0.4 is 11.1 Å². The minimum atomic E-state index is -0.488. The van der Waals surface area contributed by atoms with Gasteiger partial charge < -0.3 is 11.1 Å². The van der Waals surface area contributed by atoms with Gasteiger partial charge in [0.1, 0.15) is 0 Å². The van der Waals surface area contributed by atoms with Gasteiger partial charge in [-0.2, -0.15) is 12.6 Å². The summed E-state index contributed by atoms with van der Waals surface area (Å²) in [6.45, 7) is 7.66. The predicted octanol–water partition coefficient (Wildman–Crippen LogP) is 5.09. The number of unbranched alkanes of at least 4 members (excludes halogenated alkanes) is 7. The molecule has 4 heteroatoms. The minimum Gasteiger partial charge on any atom is -0.355 e. The second-order valence-electron chi connectivity index (χ2n) is 7.62. The first kappa shape index (κ1) is 23.8. The van der Waals surface area contributed by atoms with Crippen molar-refractivity contribution in [2.45, 2.75) is 104 Å². The molecule has 0 aromatic carbocycles. The molecule has 0 aliphatic rings. The van der Waals surface area contributed by atoms with Crippen molar-refractivity contribution in [2.75, 3.05) is 12.3 Å². The molecule has 3 nitrogen and oxygen atoms in total. The normalized spacial score (nSPS) is 15.0. The topological polar surface area (TPSA) is 55.1 Å². The van der Waals surface area contributed by atoms with E-state index in [4.69, 9.17) is 5.73 Å². The minimum absolute atomic E-state index is 0.0683. The first-order valence-corrected chi connectivity index (χ1v) is 10.8. The third-order valence-corrected chi connectivity index (χ3v) is 5.47. The molecule has 0 aliphatic heterocycles. The average molecular weight is 359 g/mol. The summed E-state index contributed by atoms with van der Waals surface area (Å²) in [5, 5.41) is 2.99. The van der Waals surface area contributed by atoms with E-state index in [0.29, 0.717) is 11.2 Å². The van der Waals surface area contributed by atoms with E-state index in [2.05, 4.69) is 38.7 Å². The molecule has 0 aliphatic carbocycles. The van der Waals surface area contributed by atoms with Crippen molar-refractivity contribution in [3.05, 3.63) is 0 Å². The van der Waals surface area contributed by atoms with E-state index in [-0.39, 0.29) is 5.91 Å². The summed E-state index contributed by atoms with van der Waals surface area (Å²) in [4.78, 5) is 11.8. The van der Waals surface area contributed by atoms with Crippen molar-refractivity contribution >= 4 is 18.5 Å². The van der Waals surface area contributed by atoms with E-state index < -0.39 is 6.04 Å². The van der Waals surface area contributed by atoms with E-state index in [1.807, 2.05) is 0 Å². The highest BCUT2D eigenvalue weighted by Gasteiger charge is 2.23. The summed E-state index contributed by atoms with van der Waals surface area (Å²) in [6, 6.07) is -0.488. The van der Waals surface area contributed by atoms with Gasteiger partial charge in [0.05, 0.1) is 6.04 Å².